The Morgan fingerprint density at radius 1 is 0.950 bits per heavy atom. The second kappa shape index (κ2) is 10.7. The Hall–Kier alpha value is -1.06. The summed E-state index contributed by atoms with van der Waals surface area (Å²) in [6.07, 6.45) is 3.23. The third kappa shape index (κ3) is 10.8. The van der Waals surface area contributed by atoms with Crippen LogP contribution in [0, 0.1) is 11.8 Å². The first-order valence-corrected chi connectivity index (χ1v) is 7.70. The molecular weight excluding hydrogens is 256 g/mol. The first-order chi connectivity index (χ1) is 9.35. The molecule has 0 heterocycles. The van der Waals surface area contributed by atoms with E-state index in [-0.39, 0.29) is 36.5 Å². The molecule has 4 nitrogen and oxygen atoms in total. The molecule has 0 aromatic carbocycles. The normalized spacial score (nSPS) is 12.6. The van der Waals surface area contributed by atoms with E-state index < -0.39 is 0 Å². The molecule has 0 aliphatic rings. The molecule has 0 bridgehead atoms. The highest BCUT2D eigenvalue weighted by atomic mass is 16.6. The number of hydrogen-bond acceptors (Lipinski definition) is 4. The lowest BCUT2D eigenvalue weighted by molar-refractivity contribution is -0.160. The second-order valence-corrected chi connectivity index (χ2v) is 6.13. The predicted molar refractivity (Wildman–Crippen MR) is 79.3 cm³/mol. The molecule has 1 unspecified atom stereocenters. The molecule has 0 aromatic rings. The van der Waals surface area contributed by atoms with Crippen molar-refractivity contribution in [1.29, 1.82) is 0 Å². The lowest BCUT2D eigenvalue weighted by Gasteiger charge is -2.18. The van der Waals surface area contributed by atoms with Gasteiger partial charge < -0.3 is 9.47 Å². The minimum Gasteiger partial charge on any atom is -0.462 e. The van der Waals surface area contributed by atoms with Gasteiger partial charge in [0.25, 0.3) is 0 Å². The number of ether oxygens (including phenoxy) is 2. The maximum atomic E-state index is 11.7. The zero-order chi connectivity index (χ0) is 15.5. The maximum Gasteiger partial charge on any atom is 0.306 e. The summed E-state index contributed by atoms with van der Waals surface area (Å²) in [5.41, 5.74) is 0. The molecule has 0 aliphatic heterocycles. The summed E-state index contributed by atoms with van der Waals surface area (Å²) in [5, 5.41) is 0. The minimum atomic E-state index is -0.308. The van der Waals surface area contributed by atoms with Gasteiger partial charge in [-0.15, -0.1) is 0 Å². The average Bonchev–Trinajstić information content (AvgIpc) is 2.30. The molecule has 0 amide bonds. The number of rotatable bonds is 10. The highest BCUT2D eigenvalue weighted by Gasteiger charge is 2.17. The van der Waals surface area contributed by atoms with Crippen molar-refractivity contribution in [2.24, 2.45) is 11.8 Å². The van der Waals surface area contributed by atoms with Gasteiger partial charge in [-0.25, -0.2) is 0 Å². The highest BCUT2D eigenvalue weighted by molar-refractivity contribution is 5.70. The molecule has 0 spiro atoms. The average molecular weight is 286 g/mol. The quantitative estimate of drug-likeness (QED) is 0.574. The standard InChI is InChI=1S/C16H30O4/c1-6-7-8-14(20-16(18)10-13(4)5)11-19-15(17)9-12(2)3/h12-14H,6-11H2,1-5H3. The molecule has 0 fully saturated rings. The van der Waals surface area contributed by atoms with E-state index in [0.717, 1.165) is 19.3 Å². The van der Waals surface area contributed by atoms with E-state index in [0.29, 0.717) is 12.8 Å². The van der Waals surface area contributed by atoms with Crippen molar-refractivity contribution in [1.82, 2.24) is 0 Å². The molecule has 0 aromatic heterocycles. The number of hydrogen-bond donors (Lipinski definition) is 0. The van der Waals surface area contributed by atoms with Gasteiger partial charge in [-0.1, -0.05) is 41.0 Å². The Kier molecular flexibility index (Phi) is 10.1. The van der Waals surface area contributed by atoms with Crippen molar-refractivity contribution in [2.45, 2.75) is 72.8 Å². The summed E-state index contributed by atoms with van der Waals surface area (Å²) in [6, 6.07) is 0. The van der Waals surface area contributed by atoms with E-state index in [9.17, 15) is 9.59 Å². The van der Waals surface area contributed by atoms with Gasteiger partial charge in [0.05, 0.1) is 0 Å². The third-order valence-corrected chi connectivity index (χ3v) is 2.76. The van der Waals surface area contributed by atoms with E-state index in [4.69, 9.17) is 9.47 Å². The Labute approximate surface area is 123 Å². The van der Waals surface area contributed by atoms with Gasteiger partial charge in [-0.05, 0) is 24.7 Å². The predicted octanol–water partition coefficient (Wildman–Crippen LogP) is 3.72. The van der Waals surface area contributed by atoms with Gasteiger partial charge in [0.15, 0.2) is 0 Å². The van der Waals surface area contributed by atoms with Gasteiger partial charge in [0, 0.05) is 12.8 Å². The van der Waals surface area contributed by atoms with Crippen LogP contribution in [0.1, 0.15) is 66.7 Å². The number of unbranched alkanes of at least 4 members (excludes halogenated alkanes) is 1. The van der Waals surface area contributed by atoms with Crippen LogP contribution in [0.5, 0.6) is 0 Å². The summed E-state index contributed by atoms with van der Waals surface area (Å²) in [4.78, 5) is 23.2. The largest absolute Gasteiger partial charge is 0.462 e. The summed E-state index contributed by atoms with van der Waals surface area (Å²) >= 11 is 0. The minimum absolute atomic E-state index is 0.176. The van der Waals surface area contributed by atoms with Gasteiger partial charge in [0.1, 0.15) is 12.7 Å². The van der Waals surface area contributed by atoms with Crippen LogP contribution in [0.2, 0.25) is 0 Å². The van der Waals surface area contributed by atoms with Crippen molar-refractivity contribution >= 4 is 11.9 Å². The fraction of sp³-hybridized carbons (Fsp3) is 0.875. The fourth-order valence-corrected chi connectivity index (χ4v) is 1.75. The van der Waals surface area contributed by atoms with Gasteiger partial charge in [-0.3, -0.25) is 9.59 Å². The number of carbonyl (C=O) groups is 2. The van der Waals surface area contributed by atoms with Gasteiger partial charge in [-0.2, -0.15) is 0 Å². The second-order valence-electron chi connectivity index (χ2n) is 6.13. The Morgan fingerprint density at radius 3 is 2.00 bits per heavy atom. The molecule has 0 saturated carbocycles. The third-order valence-electron chi connectivity index (χ3n) is 2.76. The summed E-state index contributed by atoms with van der Waals surface area (Å²) in [6.45, 7) is 10.2. The lowest BCUT2D eigenvalue weighted by Crippen LogP contribution is -2.26. The molecule has 0 aliphatic carbocycles. The molecular formula is C16H30O4. The molecule has 20 heavy (non-hydrogen) atoms. The van der Waals surface area contributed by atoms with E-state index in [1.807, 2.05) is 27.7 Å². The molecule has 0 saturated heterocycles. The molecule has 1 atom stereocenters. The van der Waals surface area contributed by atoms with Crippen LogP contribution in [-0.4, -0.2) is 24.6 Å². The first-order valence-electron chi connectivity index (χ1n) is 7.70. The van der Waals surface area contributed by atoms with E-state index in [2.05, 4.69) is 6.92 Å². The van der Waals surface area contributed by atoms with Crippen LogP contribution in [0.25, 0.3) is 0 Å². The van der Waals surface area contributed by atoms with E-state index in [1.165, 1.54) is 0 Å². The van der Waals surface area contributed by atoms with Crippen molar-refractivity contribution in [3.63, 3.8) is 0 Å². The van der Waals surface area contributed by atoms with Crippen LogP contribution in [-0.2, 0) is 19.1 Å². The SMILES string of the molecule is CCCCC(COC(=O)CC(C)C)OC(=O)CC(C)C. The van der Waals surface area contributed by atoms with Crippen LogP contribution < -0.4 is 0 Å². The topological polar surface area (TPSA) is 52.6 Å². The van der Waals surface area contributed by atoms with E-state index in [1.54, 1.807) is 0 Å². The molecule has 4 heteroatoms. The summed E-state index contributed by atoms with van der Waals surface area (Å²) in [5.74, 6) is 0.125. The smallest absolute Gasteiger partial charge is 0.306 e. The lowest BCUT2D eigenvalue weighted by atomic mass is 10.1. The zero-order valence-electron chi connectivity index (χ0n) is 13.6. The number of esters is 2. The maximum absolute atomic E-state index is 11.7. The van der Waals surface area contributed by atoms with Gasteiger partial charge in [0.2, 0.25) is 0 Å². The molecule has 118 valence electrons. The highest BCUT2D eigenvalue weighted by Crippen LogP contribution is 2.11. The van der Waals surface area contributed by atoms with Crippen LogP contribution in [0.3, 0.4) is 0 Å². The van der Waals surface area contributed by atoms with Crippen molar-refractivity contribution in [3.05, 3.63) is 0 Å². The molecule has 0 N–H and O–H groups in total. The zero-order valence-corrected chi connectivity index (χ0v) is 13.6. The fourth-order valence-electron chi connectivity index (χ4n) is 1.75. The number of carbonyl (C=O) groups excluding carboxylic acids is 2. The van der Waals surface area contributed by atoms with Crippen molar-refractivity contribution < 1.29 is 19.1 Å². The first kappa shape index (κ1) is 18.9. The van der Waals surface area contributed by atoms with Gasteiger partial charge >= 0.3 is 11.9 Å². The van der Waals surface area contributed by atoms with Crippen molar-refractivity contribution in [3.8, 4) is 0 Å². The van der Waals surface area contributed by atoms with Crippen molar-refractivity contribution in [2.75, 3.05) is 6.61 Å². The van der Waals surface area contributed by atoms with Crippen LogP contribution >= 0.6 is 0 Å². The monoisotopic (exact) mass is 286 g/mol. The molecule has 0 radical (unpaired) electrons. The summed E-state index contributed by atoms with van der Waals surface area (Å²) in [7, 11) is 0. The van der Waals surface area contributed by atoms with Crippen LogP contribution in [0.4, 0.5) is 0 Å². The van der Waals surface area contributed by atoms with Crippen LogP contribution in [0.15, 0.2) is 0 Å². The summed E-state index contributed by atoms with van der Waals surface area (Å²) < 4.78 is 10.6. The van der Waals surface area contributed by atoms with E-state index >= 15 is 0 Å². The molecule has 0 rings (SSSR count). The Morgan fingerprint density at radius 2 is 1.50 bits per heavy atom. The Balaban J connectivity index is 4.20. The Bertz CT molecular complexity index is 284.